The third-order valence-electron chi connectivity index (χ3n) is 8.46. The molecule has 208 valence electrons. The van der Waals surface area contributed by atoms with Gasteiger partial charge in [0.1, 0.15) is 11.2 Å². The van der Waals surface area contributed by atoms with Crippen LogP contribution >= 0.6 is 0 Å². The Balaban J connectivity index is 1.21. The highest BCUT2D eigenvalue weighted by Gasteiger charge is 2.46. The minimum atomic E-state index is -0.578. The summed E-state index contributed by atoms with van der Waals surface area (Å²) in [6, 6.07) is 48.5. The molecule has 0 atom stereocenters. The van der Waals surface area contributed by atoms with E-state index in [-0.39, 0.29) is 0 Å². The number of nitrogens with zero attached hydrogens (tertiary/aromatic N) is 1. The molecule has 0 unspecified atom stereocenters. The molecule has 1 saturated carbocycles. The van der Waals surface area contributed by atoms with E-state index in [1.165, 1.54) is 16.7 Å². The minimum Gasteiger partial charge on any atom is -0.436 e. The van der Waals surface area contributed by atoms with E-state index >= 15 is 0 Å². The Bertz CT molecular complexity index is 1610. The molecule has 1 heterocycles. The molecule has 1 N–H and O–H groups in total. The number of hydrogen-bond donors (Lipinski definition) is 1. The zero-order valence-electron chi connectivity index (χ0n) is 23.6. The second-order valence-electron chi connectivity index (χ2n) is 11.1. The summed E-state index contributed by atoms with van der Waals surface area (Å²) >= 11 is 0. The summed E-state index contributed by atoms with van der Waals surface area (Å²) in [5, 5.41) is 4.17. The van der Waals surface area contributed by atoms with Gasteiger partial charge in [-0.3, -0.25) is 5.32 Å². The van der Waals surface area contributed by atoms with Gasteiger partial charge in [-0.15, -0.1) is 0 Å². The van der Waals surface area contributed by atoms with Crippen molar-refractivity contribution in [3.63, 3.8) is 0 Å². The molecule has 4 heteroatoms. The predicted octanol–water partition coefficient (Wildman–Crippen LogP) is 8.86. The molecule has 42 heavy (non-hydrogen) atoms. The number of benzene rings is 5. The van der Waals surface area contributed by atoms with Gasteiger partial charge in [0.15, 0.2) is 5.58 Å². The van der Waals surface area contributed by atoms with Gasteiger partial charge in [-0.1, -0.05) is 115 Å². The molecular formula is C38H34N2O2. The van der Waals surface area contributed by atoms with Crippen molar-refractivity contribution in [1.82, 2.24) is 10.3 Å². The highest BCUT2D eigenvalue weighted by molar-refractivity contribution is 5.76. The molecule has 0 bridgehead atoms. The van der Waals surface area contributed by atoms with Gasteiger partial charge in [0.25, 0.3) is 0 Å². The van der Waals surface area contributed by atoms with Crippen molar-refractivity contribution in [2.45, 2.75) is 43.6 Å². The standard InChI is InChI=1S/C38H34N2O2/c1-4-14-31(15-5-1)38(32-16-6-2-7-17-32,33-18-8-3-9-19-33)40-37(26-12-13-27-37)41-28-29-22-24-30(25-23-29)36-39-34-20-10-11-21-35(34)42-36/h1-11,14-25,40H,12-13,26-28H2. The highest BCUT2D eigenvalue weighted by atomic mass is 16.5. The molecule has 4 nitrogen and oxygen atoms in total. The van der Waals surface area contributed by atoms with Gasteiger partial charge >= 0.3 is 0 Å². The number of para-hydroxylation sites is 2. The van der Waals surface area contributed by atoms with E-state index in [9.17, 15) is 0 Å². The van der Waals surface area contributed by atoms with Crippen molar-refractivity contribution in [2.75, 3.05) is 0 Å². The predicted molar refractivity (Wildman–Crippen MR) is 168 cm³/mol. The van der Waals surface area contributed by atoms with Crippen molar-refractivity contribution >= 4 is 11.1 Å². The van der Waals surface area contributed by atoms with E-state index in [0.717, 1.165) is 47.9 Å². The van der Waals surface area contributed by atoms with Crippen molar-refractivity contribution < 1.29 is 9.15 Å². The average Bonchev–Trinajstić information content (AvgIpc) is 3.72. The van der Waals surface area contributed by atoms with Crippen molar-refractivity contribution in [1.29, 1.82) is 0 Å². The summed E-state index contributed by atoms with van der Waals surface area (Å²) in [6.07, 6.45) is 4.14. The molecule has 1 fully saturated rings. The Morgan fingerprint density at radius 1 is 0.643 bits per heavy atom. The Morgan fingerprint density at radius 2 is 1.17 bits per heavy atom. The third kappa shape index (κ3) is 5.04. The smallest absolute Gasteiger partial charge is 0.227 e. The van der Waals surface area contributed by atoms with Crippen LogP contribution in [0.3, 0.4) is 0 Å². The van der Waals surface area contributed by atoms with E-state index in [1.807, 2.05) is 24.3 Å². The van der Waals surface area contributed by atoms with Gasteiger partial charge in [-0.05, 0) is 72.2 Å². The number of oxazole rings is 1. The maximum atomic E-state index is 6.94. The van der Waals surface area contributed by atoms with Crippen LogP contribution in [0.1, 0.15) is 47.9 Å². The number of nitrogens with one attached hydrogen (secondary N) is 1. The SMILES string of the molecule is c1ccc(C(NC2(OCc3ccc(-c4nc5ccccc5o4)cc3)CCCC2)(c2ccccc2)c2ccccc2)cc1. The maximum Gasteiger partial charge on any atom is 0.227 e. The van der Waals surface area contributed by atoms with Crippen LogP contribution < -0.4 is 5.32 Å². The first-order valence-electron chi connectivity index (χ1n) is 14.8. The topological polar surface area (TPSA) is 47.3 Å². The number of ether oxygens (including phenoxy) is 1. The zero-order chi connectivity index (χ0) is 28.2. The number of rotatable bonds is 9. The molecule has 0 radical (unpaired) electrons. The molecule has 5 aromatic carbocycles. The van der Waals surface area contributed by atoms with E-state index in [2.05, 4.69) is 126 Å². The first-order valence-corrected chi connectivity index (χ1v) is 14.8. The molecule has 7 rings (SSSR count). The lowest BCUT2D eigenvalue weighted by molar-refractivity contribution is -0.0890. The Labute approximate surface area is 247 Å². The van der Waals surface area contributed by atoms with Crippen molar-refractivity contribution in [2.24, 2.45) is 0 Å². The van der Waals surface area contributed by atoms with Gasteiger partial charge < -0.3 is 9.15 Å². The monoisotopic (exact) mass is 550 g/mol. The van der Waals surface area contributed by atoms with Crippen molar-refractivity contribution in [3.8, 4) is 11.5 Å². The highest BCUT2D eigenvalue weighted by Crippen LogP contribution is 2.43. The Hall–Kier alpha value is -4.51. The summed E-state index contributed by atoms with van der Waals surface area (Å²) in [5.74, 6) is 0.635. The van der Waals surface area contributed by atoms with Crippen LogP contribution in [0.5, 0.6) is 0 Å². The fourth-order valence-corrected chi connectivity index (χ4v) is 6.33. The lowest BCUT2D eigenvalue weighted by atomic mass is 9.76. The molecule has 1 aliphatic rings. The number of aromatic nitrogens is 1. The van der Waals surface area contributed by atoms with Gasteiger partial charge in [-0.2, -0.15) is 0 Å². The fraction of sp³-hybridized carbons (Fsp3) is 0.184. The second-order valence-corrected chi connectivity index (χ2v) is 11.1. The largest absolute Gasteiger partial charge is 0.436 e. The van der Waals surface area contributed by atoms with Gasteiger partial charge in [-0.25, -0.2) is 4.98 Å². The average molecular weight is 551 g/mol. The van der Waals surface area contributed by atoms with Gasteiger partial charge in [0.05, 0.1) is 12.1 Å². The van der Waals surface area contributed by atoms with Gasteiger partial charge in [0.2, 0.25) is 5.89 Å². The van der Waals surface area contributed by atoms with Crippen LogP contribution in [0.2, 0.25) is 0 Å². The Kier molecular flexibility index (Phi) is 7.16. The zero-order valence-corrected chi connectivity index (χ0v) is 23.6. The summed E-state index contributed by atoms with van der Waals surface area (Å²) in [6.45, 7) is 0.509. The van der Waals surface area contributed by atoms with Crippen LogP contribution in [0.4, 0.5) is 0 Å². The molecule has 0 spiro atoms. The third-order valence-corrected chi connectivity index (χ3v) is 8.46. The molecule has 0 amide bonds. The Morgan fingerprint density at radius 3 is 1.71 bits per heavy atom. The van der Waals surface area contributed by atoms with Crippen LogP contribution in [0.25, 0.3) is 22.6 Å². The molecular weight excluding hydrogens is 516 g/mol. The van der Waals surface area contributed by atoms with Crippen LogP contribution in [-0.2, 0) is 16.9 Å². The summed E-state index contributed by atoms with van der Waals surface area (Å²) < 4.78 is 12.9. The quantitative estimate of drug-likeness (QED) is 0.144. The number of hydrogen-bond acceptors (Lipinski definition) is 4. The van der Waals surface area contributed by atoms with Crippen LogP contribution in [-0.4, -0.2) is 10.7 Å². The van der Waals surface area contributed by atoms with E-state index in [1.54, 1.807) is 0 Å². The summed E-state index contributed by atoms with van der Waals surface area (Å²) in [5.41, 5.74) is 6.26. The maximum absolute atomic E-state index is 6.94. The van der Waals surface area contributed by atoms with E-state index in [0.29, 0.717) is 12.5 Å². The van der Waals surface area contributed by atoms with E-state index in [4.69, 9.17) is 9.15 Å². The summed E-state index contributed by atoms with van der Waals surface area (Å²) in [7, 11) is 0. The molecule has 1 aromatic heterocycles. The van der Waals surface area contributed by atoms with Gasteiger partial charge in [0, 0.05) is 5.56 Å². The minimum absolute atomic E-state index is 0.486. The molecule has 0 aliphatic heterocycles. The van der Waals surface area contributed by atoms with Crippen LogP contribution in [0, 0.1) is 0 Å². The molecule has 6 aromatic rings. The lowest BCUT2D eigenvalue weighted by Gasteiger charge is -2.45. The molecule has 0 saturated heterocycles. The number of fused-ring (bicyclic) bond motifs is 1. The van der Waals surface area contributed by atoms with E-state index < -0.39 is 11.3 Å². The second kappa shape index (κ2) is 11.4. The normalized spacial score (nSPS) is 14.8. The fourth-order valence-electron chi connectivity index (χ4n) is 6.33. The first-order chi connectivity index (χ1) is 20.7. The summed E-state index contributed by atoms with van der Waals surface area (Å²) in [4.78, 5) is 4.65. The first kappa shape index (κ1) is 26.4. The van der Waals surface area contributed by atoms with Crippen LogP contribution in [0.15, 0.2) is 144 Å². The molecule has 1 aliphatic carbocycles. The lowest BCUT2D eigenvalue weighted by Crippen LogP contribution is -2.57. The van der Waals surface area contributed by atoms with Crippen molar-refractivity contribution in [3.05, 3.63) is 162 Å².